The molecule has 0 aliphatic heterocycles. The number of fused-ring (bicyclic) bond motifs is 1. The van der Waals surface area contributed by atoms with Crippen molar-refractivity contribution in [1.82, 2.24) is 15.0 Å². The van der Waals surface area contributed by atoms with Gasteiger partial charge in [0.15, 0.2) is 5.82 Å². The molecule has 0 atom stereocenters. The van der Waals surface area contributed by atoms with Gasteiger partial charge in [-0.15, -0.1) is 0 Å². The van der Waals surface area contributed by atoms with Crippen LogP contribution in [0.1, 0.15) is 11.1 Å². The fraction of sp³-hybridized carbons (Fsp3) is 0.105. The first kappa shape index (κ1) is 13.6. The molecule has 4 nitrogen and oxygen atoms in total. The number of aromatic amines is 2. The van der Waals surface area contributed by atoms with Gasteiger partial charge in [-0.25, -0.2) is 4.98 Å². The van der Waals surface area contributed by atoms with Crippen LogP contribution in [0.15, 0.2) is 60.9 Å². The zero-order chi connectivity index (χ0) is 15.6. The van der Waals surface area contributed by atoms with E-state index < -0.39 is 0 Å². The summed E-state index contributed by atoms with van der Waals surface area (Å²) in [5.74, 6) is 1.72. The maximum absolute atomic E-state index is 5.92. The highest BCUT2D eigenvalue weighted by atomic mass is 16.5. The largest absolute Gasteiger partial charge is 0.489 e. The van der Waals surface area contributed by atoms with Gasteiger partial charge in [0.05, 0.1) is 5.69 Å². The molecular formula is C19H17N3O. The zero-order valence-corrected chi connectivity index (χ0v) is 12.8. The molecule has 2 aromatic heterocycles. The van der Waals surface area contributed by atoms with Crippen molar-refractivity contribution < 1.29 is 4.74 Å². The molecule has 114 valence electrons. The topological polar surface area (TPSA) is 53.7 Å². The van der Waals surface area contributed by atoms with Gasteiger partial charge in [-0.3, -0.25) is 0 Å². The van der Waals surface area contributed by atoms with Gasteiger partial charge in [0.25, 0.3) is 0 Å². The number of aryl methyl sites for hydroxylation is 1. The van der Waals surface area contributed by atoms with E-state index in [2.05, 4.69) is 46.1 Å². The number of aromatic nitrogens is 3. The second-order valence-corrected chi connectivity index (χ2v) is 5.54. The summed E-state index contributed by atoms with van der Waals surface area (Å²) in [7, 11) is 0. The standard InChI is InChI=1S/C19H17N3O/c1-13-16-11-15(23-12-14-5-3-2-4-6-14)7-8-17(16)22-18(13)19-20-9-10-21-19/h2-11,22H,12H2,1H3,(H,20,21). The van der Waals surface area contributed by atoms with E-state index in [1.54, 1.807) is 6.20 Å². The van der Waals surface area contributed by atoms with Crippen molar-refractivity contribution in [2.24, 2.45) is 0 Å². The quantitative estimate of drug-likeness (QED) is 0.585. The van der Waals surface area contributed by atoms with E-state index in [0.717, 1.165) is 33.7 Å². The molecule has 0 bridgehead atoms. The zero-order valence-electron chi connectivity index (χ0n) is 12.8. The lowest BCUT2D eigenvalue weighted by molar-refractivity contribution is 0.306. The van der Waals surface area contributed by atoms with Crippen molar-refractivity contribution in [2.75, 3.05) is 0 Å². The molecule has 0 aliphatic rings. The lowest BCUT2D eigenvalue weighted by Crippen LogP contribution is -1.94. The molecule has 0 saturated heterocycles. The van der Waals surface area contributed by atoms with E-state index in [0.29, 0.717) is 6.61 Å². The van der Waals surface area contributed by atoms with Gasteiger partial charge < -0.3 is 14.7 Å². The Balaban J connectivity index is 1.64. The molecule has 2 aromatic carbocycles. The first-order valence-electron chi connectivity index (χ1n) is 7.60. The van der Waals surface area contributed by atoms with E-state index in [1.807, 2.05) is 30.5 Å². The van der Waals surface area contributed by atoms with E-state index >= 15 is 0 Å². The summed E-state index contributed by atoms with van der Waals surface area (Å²) in [5.41, 5.74) is 4.43. The number of benzene rings is 2. The molecule has 23 heavy (non-hydrogen) atoms. The molecule has 4 aromatic rings. The van der Waals surface area contributed by atoms with Crippen LogP contribution in [0.25, 0.3) is 22.4 Å². The Hall–Kier alpha value is -3.01. The fourth-order valence-corrected chi connectivity index (χ4v) is 2.78. The van der Waals surface area contributed by atoms with Gasteiger partial charge in [-0.05, 0) is 36.2 Å². The SMILES string of the molecule is Cc1c(-c2ncc[nH]2)[nH]c2ccc(OCc3ccccc3)cc12. The Morgan fingerprint density at radius 1 is 1.09 bits per heavy atom. The summed E-state index contributed by atoms with van der Waals surface area (Å²) in [5, 5.41) is 1.15. The molecular weight excluding hydrogens is 286 g/mol. The van der Waals surface area contributed by atoms with Gasteiger partial charge in [0.2, 0.25) is 0 Å². The highest BCUT2D eigenvalue weighted by Crippen LogP contribution is 2.30. The third-order valence-electron chi connectivity index (χ3n) is 4.01. The van der Waals surface area contributed by atoms with Crippen LogP contribution in [0, 0.1) is 6.92 Å². The molecule has 0 amide bonds. The van der Waals surface area contributed by atoms with Crippen LogP contribution < -0.4 is 4.74 Å². The second kappa shape index (κ2) is 5.65. The summed E-state index contributed by atoms with van der Waals surface area (Å²) in [4.78, 5) is 10.9. The van der Waals surface area contributed by atoms with Crippen LogP contribution in [0.5, 0.6) is 5.75 Å². The number of ether oxygens (including phenoxy) is 1. The number of hydrogen-bond donors (Lipinski definition) is 2. The molecule has 0 radical (unpaired) electrons. The minimum Gasteiger partial charge on any atom is -0.489 e. The van der Waals surface area contributed by atoms with Gasteiger partial charge in [-0.1, -0.05) is 30.3 Å². The lowest BCUT2D eigenvalue weighted by Gasteiger charge is -2.06. The molecule has 2 N–H and O–H groups in total. The molecule has 4 heteroatoms. The smallest absolute Gasteiger partial charge is 0.154 e. The van der Waals surface area contributed by atoms with Crippen LogP contribution in [-0.4, -0.2) is 15.0 Å². The Morgan fingerprint density at radius 2 is 1.96 bits per heavy atom. The summed E-state index contributed by atoms with van der Waals surface area (Å²) >= 11 is 0. The summed E-state index contributed by atoms with van der Waals surface area (Å²) in [6.45, 7) is 2.67. The Morgan fingerprint density at radius 3 is 2.74 bits per heavy atom. The van der Waals surface area contributed by atoms with Crippen LogP contribution in [-0.2, 0) is 6.61 Å². The van der Waals surface area contributed by atoms with Crippen LogP contribution in [0.2, 0.25) is 0 Å². The third kappa shape index (κ3) is 2.59. The highest BCUT2D eigenvalue weighted by Gasteiger charge is 2.12. The first-order valence-corrected chi connectivity index (χ1v) is 7.60. The second-order valence-electron chi connectivity index (χ2n) is 5.54. The summed E-state index contributed by atoms with van der Waals surface area (Å²) in [6.07, 6.45) is 3.59. The van der Waals surface area contributed by atoms with E-state index in [9.17, 15) is 0 Å². The number of hydrogen-bond acceptors (Lipinski definition) is 2. The predicted molar refractivity (Wildman–Crippen MR) is 91.4 cm³/mol. The molecule has 0 fully saturated rings. The van der Waals surface area contributed by atoms with E-state index in [-0.39, 0.29) is 0 Å². The molecule has 0 saturated carbocycles. The monoisotopic (exact) mass is 303 g/mol. The average Bonchev–Trinajstić information content (AvgIpc) is 3.22. The summed E-state index contributed by atoms with van der Waals surface area (Å²) < 4.78 is 5.92. The summed E-state index contributed by atoms with van der Waals surface area (Å²) in [6, 6.07) is 16.3. The number of nitrogens with one attached hydrogen (secondary N) is 2. The first-order chi connectivity index (χ1) is 11.3. The van der Waals surface area contributed by atoms with E-state index in [4.69, 9.17) is 4.74 Å². The van der Waals surface area contributed by atoms with Crippen molar-refractivity contribution >= 4 is 10.9 Å². The number of imidazole rings is 1. The van der Waals surface area contributed by atoms with Gasteiger partial charge >= 0.3 is 0 Å². The van der Waals surface area contributed by atoms with Crippen molar-refractivity contribution in [3.05, 3.63) is 72.1 Å². The van der Waals surface area contributed by atoms with Gasteiger partial charge in [0, 0.05) is 23.3 Å². The average molecular weight is 303 g/mol. The Kier molecular flexibility index (Phi) is 3.35. The number of nitrogens with zero attached hydrogens (tertiary/aromatic N) is 1. The van der Waals surface area contributed by atoms with Crippen LogP contribution >= 0.6 is 0 Å². The van der Waals surface area contributed by atoms with Crippen LogP contribution in [0.3, 0.4) is 0 Å². The molecule has 0 spiro atoms. The van der Waals surface area contributed by atoms with Crippen molar-refractivity contribution in [3.63, 3.8) is 0 Å². The molecule has 0 unspecified atom stereocenters. The highest BCUT2D eigenvalue weighted by molar-refractivity contribution is 5.90. The molecule has 0 aliphatic carbocycles. The Labute approximate surface area is 134 Å². The van der Waals surface area contributed by atoms with Crippen LogP contribution in [0.4, 0.5) is 0 Å². The number of rotatable bonds is 4. The fourth-order valence-electron chi connectivity index (χ4n) is 2.78. The lowest BCUT2D eigenvalue weighted by atomic mass is 10.1. The molecule has 2 heterocycles. The van der Waals surface area contributed by atoms with E-state index in [1.165, 1.54) is 5.56 Å². The van der Waals surface area contributed by atoms with Gasteiger partial charge in [0.1, 0.15) is 12.4 Å². The van der Waals surface area contributed by atoms with Gasteiger partial charge in [-0.2, -0.15) is 0 Å². The van der Waals surface area contributed by atoms with Crippen molar-refractivity contribution in [1.29, 1.82) is 0 Å². The Bertz CT molecular complexity index is 924. The number of H-pyrrole nitrogens is 2. The van der Waals surface area contributed by atoms with Crippen molar-refractivity contribution in [3.8, 4) is 17.3 Å². The maximum Gasteiger partial charge on any atom is 0.154 e. The normalized spacial score (nSPS) is 11.0. The third-order valence-corrected chi connectivity index (χ3v) is 4.01. The molecule has 4 rings (SSSR count). The minimum atomic E-state index is 0.570. The van der Waals surface area contributed by atoms with Crippen molar-refractivity contribution in [2.45, 2.75) is 13.5 Å². The minimum absolute atomic E-state index is 0.570. The maximum atomic E-state index is 5.92. The predicted octanol–water partition coefficient (Wildman–Crippen LogP) is 4.45.